The summed E-state index contributed by atoms with van der Waals surface area (Å²) in [5.41, 5.74) is 3.26. The van der Waals surface area contributed by atoms with E-state index in [4.69, 9.17) is 0 Å². The Balaban J connectivity index is 0.00000280. The van der Waals surface area contributed by atoms with Crippen molar-refractivity contribution in [1.29, 1.82) is 0 Å². The van der Waals surface area contributed by atoms with E-state index in [2.05, 4.69) is 74.1 Å². The predicted molar refractivity (Wildman–Crippen MR) is 124 cm³/mol. The van der Waals surface area contributed by atoms with Crippen LogP contribution in [0.1, 0.15) is 18.1 Å². The molecule has 0 fully saturated rings. The van der Waals surface area contributed by atoms with Gasteiger partial charge in [0.2, 0.25) is 0 Å². The summed E-state index contributed by atoms with van der Waals surface area (Å²) in [6, 6.07) is 8.40. The van der Waals surface area contributed by atoms with Crippen molar-refractivity contribution in [3.63, 3.8) is 0 Å². The molecule has 28 heavy (non-hydrogen) atoms. The number of nitrogens with zero attached hydrogens (tertiary/aromatic N) is 5. The molecule has 150 valence electrons. The minimum Gasteiger partial charge on any atom is -0.368 e. The Hall–Kier alpha value is -2.43. The van der Waals surface area contributed by atoms with Crippen LogP contribution in [0.3, 0.4) is 0 Å². The fourth-order valence-electron chi connectivity index (χ4n) is 2.79. The number of anilines is 1. The van der Waals surface area contributed by atoms with Crippen molar-refractivity contribution in [2.75, 3.05) is 25.0 Å². The van der Waals surface area contributed by atoms with Gasteiger partial charge in [-0.15, -0.1) is 24.0 Å². The summed E-state index contributed by atoms with van der Waals surface area (Å²) < 4.78 is 1.74. The molecule has 0 bridgehead atoms. The van der Waals surface area contributed by atoms with Gasteiger partial charge in [-0.05, 0) is 19.4 Å². The molecule has 0 atom stereocenters. The van der Waals surface area contributed by atoms with Crippen molar-refractivity contribution in [2.45, 2.75) is 20.4 Å². The number of fused-ring (bicyclic) bond motifs is 1. The van der Waals surface area contributed by atoms with Crippen molar-refractivity contribution in [3.05, 3.63) is 47.9 Å². The molecule has 0 unspecified atom stereocenters. The van der Waals surface area contributed by atoms with E-state index in [1.54, 1.807) is 17.2 Å². The lowest BCUT2D eigenvalue weighted by Crippen LogP contribution is -2.39. The van der Waals surface area contributed by atoms with Gasteiger partial charge < -0.3 is 16.0 Å². The number of rotatable bonds is 7. The highest BCUT2D eigenvalue weighted by molar-refractivity contribution is 14.0. The molecule has 0 amide bonds. The fraction of sp³-hybridized carbons (Fsp3) is 0.368. The summed E-state index contributed by atoms with van der Waals surface area (Å²) >= 11 is 0. The van der Waals surface area contributed by atoms with Gasteiger partial charge in [0, 0.05) is 26.7 Å². The zero-order valence-electron chi connectivity index (χ0n) is 16.4. The van der Waals surface area contributed by atoms with Gasteiger partial charge in [-0.1, -0.05) is 29.8 Å². The molecular weight excluding hydrogens is 467 g/mol. The van der Waals surface area contributed by atoms with Crippen molar-refractivity contribution < 1.29 is 0 Å². The van der Waals surface area contributed by atoms with Gasteiger partial charge in [0.15, 0.2) is 11.6 Å². The van der Waals surface area contributed by atoms with E-state index in [0.29, 0.717) is 19.6 Å². The first-order valence-corrected chi connectivity index (χ1v) is 9.11. The number of halogens is 1. The second-order valence-corrected chi connectivity index (χ2v) is 6.27. The average Bonchev–Trinajstić information content (AvgIpc) is 3.05. The van der Waals surface area contributed by atoms with E-state index in [-0.39, 0.29) is 24.0 Å². The maximum absolute atomic E-state index is 4.65. The number of guanidine groups is 1. The smallest absolute Gasteiger partial charge is 0.191 e. The minimum atomic E-state index is 0. The van der Waals surface area contributed by atoms with E-state index in [1.807, 2.05) is 7.05 Å². The molecule has 0 aliphatic rings. The van der Waals surface area contributed by atoms with Crippen LogP contribution in [0.15, 0.2) is 41.8 Å². The quantitative estimate of drug-likeness (QED) is 0.202. The topological polar surface area (TPSA) is 92.1 Å². The second kappa shape index (κ2) is 10.8. The number of benzene rings is 1. The van der Waals surface area contributed by atoms with Crippen LogP contribution in [0.2, 0.25) is 0 Å². The van der Waals surface area contributed by atoms with Crippen LogP contribution < -0.4 is 16.0 Å². The Labute approximate surface area is 182 Å². The summed E-state index contributed by atoms with van der Waals surface area (Å²) in [7, 11) is 1.87. The standard InChI is InChI=1S/C19H26N8.HI/c1-4-20-19(23-11-15-7-5-6-14(2)10-15)22-9-8-21-17-16-12-26-27(3)18(16)25-13-24-17;/h5-7,10,12-13H,4,8-9,11H2,1-3H3,(H2,20,22,23)(H,21,24,25);1H. The highest BCUT2D eigenvalue weighted by Crippen LogP contribution is 2.17. The van der Waals surface area contributed by atoms with Crippen LogP contribution in [0.5, 0.6) is 0 Å². The fourth-order valence-corrected chi connectivity index (χ4v) is 2.79. The summed E-state index contributed by atoms with van der Waals surface area (Å²) in [4.78, 5) is 13.2. The lowest BCUT2D eigenvalue weighted by atomic mass is 10.1. The Morgan fingerprint density at radius 1 is 1.18 bits per heavy atom. The first-order chi connectivity index (χ1) is 13.2. The molecule has 0 spiro atoms. The van der Waals surface area contributed by atoms with E-state index < -0.39 is 0 Å². The number of aliphatic imine (C=N–C) groups is 1. The molecule has 3 aromatic rings. The lowest BCUT2D eigenvalue weighted by Gasteiger charge is -2.12. The summed E-state index contributed by atoms with van der Waals surface area (Å²) in [6.45, 7) is 7.03. The van der Waals surface area contributed by atoms with Crippen LogP contribution in [-0.2, 0) is 13.6 Å². The third-order valence-corrected chi connectivity index (χ3v) is 4.09. The molecule has 8 nitrogen and oxygen atoms in total. The van der Waals surface area contributed by atoms with E-state index >= 15 is 0 Å². The Bertz CT molecular complexity index is 921. The zero-order chi connectivity index (χ0) is 19.1. The van der Waals surface area contributed by atoms with Gasteiger partial charge in [-0.3, -0.25) is 4.68 Å². The van der Waals surface area contributed by atoms with E-state index in [0.717, 1.165) is 29.4 Å². The number of aromatic nitrogens is 4. The number of nitrogens with one attached hydrogen (secondary N) is 3. The zero-order valence-corrected chi connectivity index (χ0v) is 18.8. The van der Waals surface area contributed by atoms with Crippen molar-refractivity contribution in [2.24, 2.45) is 12.0 Å². The first-order valence-electron chi connectivity index (χ1n) is 9.11. The summed E-state index contributed by atoms with van der Waals surface area (Å²) in [5.74, 6) is 1.59. The van der Waals surface area contributed by atoms with Gasteiger partial charge in [0.1, 0.15) is 12.1 Å². The normalized spacial score (nSPS) is 11.2. The molecular formula is C19H27IN8. The molecule has 0 aliphatic heterocycles. The molecule has 2 heterocycles. The number of aryl methyl sites for hydroxylation is 2. The van der Waals surface area contributed by atoms with Crippen LogP contribution in [0.25, 0.3) is 11.0 Å². The third kappa shape index (κ3) is 5.78. The second-order valence-electron chi connectivity index (χ2n) is 6.27. The SMILES string of the molecule is CCNC(=NCc1cccc(C)c1)NCCNc1ncnc2c1cnn2C.I. The van der Waals surface area contributed by atoms with Gasteiger partial charge in [0.05, 0.1) is 18.1 Å². The van der Waals surface area contributed by atoms with Crippen LogP contribution >= 0.6 is 24.0 Å². The Kier molecular flexibility index (Phi) is 8.42. The molecule has 0 saturated heterocycles. The monoisotopic (exact) mass is 494 g/mol. The molecule has 0 saturated carbocycles. The molecule has 2 aromatic heterocycles. The summed E-state index contributed by atoms with van der Waals surface area (Å²) in [6.07, 6.45) is 3.33. The molecule has 1 aromatic carbocycles. The minimum absolute atomic E-state index is 0. The van der Waals surface area contributed by atoms with E-state index in [9.17, 15) is 0 Å². The van der Waals surface area contributed by atoms with Crippen LogP contribution in [0.4, 0.5) is 5.82 Å². The average molecular weight is 494 g/mol. The van der Waals surface area contributed by atoms with Crippen molar-refractivity contribution in [3.8, 4) is 0 Å². The molecule has 9 heteroatoms. The Morgan fingerprint density at radius 3 is 2.82 bits per heavy atom. The maximum atomic E-state index is 4.65. The summed E-state index contributed by atoms with van der Waals surface area (Å²) in [5, 5.41) is 15.1. The van der Waals surface area contributed by atoms with Gasteiger partial charge >= 0.3 is 0 Å². The third-order valence-electron chi connectivity index (χ3n) is 4.09. The van der Waals surface area contributed by atoms with Crippen molar-refractivity contribution in [1.82, 2.24) is 30.4 Å². The van der Waals surface area contributed by atoms with Gasteiger partial charge in [-0.25, -0.2) is 15.0 Å². The molecule has 3 N–H and O–H groups in total. The van der Waals surface area contributed by atoms with Crippen LogP contribution in [0, 0.1) is 6.92 Å². The van der Waals surface area contributed by atoms with Crippen molar-refractivity contribution >= 4 is 46.8 Å². The van der Waals surface area contributed by atoms with Gasteiger partial charge in [-0.2, -0.15) is 5.10 Å². The predicted octanol–water partition coefficient (Wildman–Crippen LogP) is 2.46. The van der Waals surface area contributed by atoms with E-state index in [1.165, 1.54) is 11.1 Å². The van der Waals surface area contributed by atoms with Crippen LogP contribution in [-0.4, -0.2) is 45.3 Å². The molecule has 0 aliphatic carbocycles. The maximum Gasteiger partial charge on any atom is 0.191 e. The first kappa shape index (κ1) is 21.9. The lowest BCUT2D eigenvalue weighted by molar-refractivity contribution is 0.785. The highest BCUT2D eigenvalue weighted by atomic mass is 127. The Morgan fingerprint density at radius 2 is 2.04 bits per heavy atom. The number of hydrogen-bond acceptors (Lipinski definition) is 5. The molecule has 0 radical (unpaired) electrons. The molecule has 3 rings (SSSR count). The van der Waals surface area contributed by atoms with Gasteiger partial charge in [0.25, 0.3) is 0 Å². The largest absolute Gasteiger partial charge is 0.368 e. The number of hydrogen-bond donors (Lipinski definition) is 3. The highest BCUT2D eigenvalue weighted by Gasteiger charge is 2.07.